The van der Waals surface area contributed by atoms with E-state index in [1.54, 1.807) is 6.08 Å². The molecule has 1 aliphatic heterocycles. The van der Waals surface area contributed by atoms with Gasteiger partial charge in [-0.2, -0.15) is 0 Å². The third-order valence-corrected chi connectivity index (χ3v) is 3.75. The van der Waals surface area contributed by atoms with Gasteiger partial charge in [0.1, 0.15) is 11.6 Å². The Hall–Kier alpha value is -0.970. The zero-order valence-electron chi connectivity index (χ0n) is 11.6. The van der Waals surface area contributed by atoms with Crippen LogP contribution < -0.4 is 5.73 Å². The average Bonchev–Trinajstić information content (AvgIpc) is 2.75. The second kappa shape index (κ2) is 7.16. The number of hydrogen-bond acceptors (Lipinski definition) is 2. The van der Waals surface area contributed by atoms with E-state index in [-0.39, 0.29) is 17.8 Å². The summed E-state index contributed by atoms with van der Waals surface area (Å²) in [5.41, 5.74) is 6.38. The normalized spacial score (nSPS) is 23.2. The molecule has 20 heavy (non-hydrogen) atoms. The van der Waals surface area contributed by atoms with Crippen molar-refractivity contribution in [2.45, 2.75) is 13.3 Å². The van der Waals surface area contributed by atoms with E-state index in [2.05, 4.69) is 11.8 Å². The SMILES string of the molecule is CC1(CN)CCN(C/C=C/c2ccc(F)cc2F)C1.Cl. The standard InChI is InChI=1S/C15H20F2N2.ClH/c1-15(10-18)6-8-19(11-15)7-2-3-12-4-5-13(16)9-14(12)17;/h2-5,9H,6-8,10-11,18H2,1H3;1H/b3-2+;. The van der Waals surface area contributed by atoms with E-state index in [4.69, 9.17) is 5.73 Å². The Morgan fingerprint density at radius 2 is 2.15 bits per heavy atom. The van der Waals surface area contributed by atoms with Crippen molar-refractivity contribution in [3.63, 3.8) is 0 Å². The number of halogens is 3. The van der Waals surface area contributed by atoms with Crippen LogP contribution in [0.15, 0.2) is 24.3 Å². The van der Waals surface area contributed by atoms with Gasteiger partial charge in [0, 0.05) is 24.7 Å². The van der Waals surface area contributed by atoms with E-state index < -0.39 is 11.6 Å². The monoisotopic (exact) mass is 302 g/mol. The van der Waals surface area contributed by atoms with Crippen molar-refractivity contribution < 1.29 is 8.78 Å². The lowest BCUT2D eigenvalue weighted by molar-refractivity contribution is 0.300. The van der Waals surface area contributed by atoms with Gasteiger partial charge in [-0.25, -0.2) is 8.78 Å². The Bertz CT molecular complexity index is 479. The number of nitrogens with two attached hydrogens (primary N) is 1. The van der Waals surface area contributed by atoms with Gasteiger partial charge in [-0.05, 0) is 37.1 Å². The first-order chi connectivity index (χ1) is 9.02. The van der Waals surface area contributed by atoms with E-state index in [0.29, 0.717) is 12.1 Å². The highest BCUT2D eigenvalue weighted by molar-refractivity contribution is 5.85. The minimum absolute atomic E-state index is 0. The number of likely N-dealkylation sites (tertiary alicyclic amines) is 1. The Morgan fingerprint density at radius 1 is 1.40 bits per heavy atom. The minimum Gasteiger partial charge on any atom is -0.330 e. The maximum absolute atomic E-state index is 13.4. The minimum atomic E-state index is -0.548. The predicted octanol–water partition coefficient (Wildman–Crippen LogP) is 3.07. The van der Waals surface area contributed by atoms with Gasteiger partial charge in [0.25, 0.3) is 0 Å². The number of nitrogens with zero attached hydrogens (tertiary/aromatic N) is 1. The van der Waals surface area contributed by atoms with E-state index in [1.807, 2.05) is 6.08 Å². The molecule has 0 aromatic heterocycles. The maximum Gasteiger partial charge on any atom is 0.133 e. The first-order valence-electron chi connectivity index (χ1n) is 6.56. The van der Waals surface area contributed by atoms with Crippen LogP contribution in [0, 0.1) is 17.0 Å². The molecule has 2 rings (SSSR count). The topological polar surface area (TPSA) is 29.3 Å². The van der Waals surface area contributed by atoms with Crippen molar-refractivity contribution in [3.05, 3.63) is 41.5 Å². The summed E-state index contributed by atoms with van der Waals surface area (Å²) >= 11 is 0. The van der Waals surface area contributed by atoms with Crippen LogP contribution in [-0.2, 0) is 0 Å². The molecular formula is C15H21ClF2N2. The molecule has 5 heteroatoms. The molecule has 0 amide bonds. The summed E-state index contributed by atoms with van der Waals surface area (Å²) in [5, 5.41) is 0. The van der Waals surface area contributed by atoms with Crippen LogP contribution in [0.3, 0.4) is 0 Å². The van der Waals surface area contributed by atoms with Crippen molar-refractivity contribution in [1.29, 1.82) is 0 Å². The van der Waals surface area contributed by atoms with Gasteiger partial charge in [-0.3, -0.25) is 4.90 Å². The lowest BCUT2D eigenvalue weighted by atomic mass is 9.90. The highest BCUT2D eigenvalue weighted by Gasteiger charge is 2.31. The first kappa shape index (κ1) is 17.1. The molecule has 1 heterocycles. The molecule has 2 nitrogen and oxygen atoms in total. The van der Waals surface area contributed by atoms with E-state index >= 15 is 0 Å². The number of rotatable bonds is 4. The van der Waals surface area contributed by atoms with Gasteiger partial charge in [-0.1, -0.05) is 19.1 Å². The first-order valence-corrected chi connectivity index (χ1v) is 6.56. The quantitative estimate of drug-likeness (QED) is 0.926. The molecular weight excluding hydrogens is 282 g/mol. The molecule has 1 fully saturated rings. The predicted molar refractivity (Wildman–Crippen MR) is 80.9 cm³/mol. The largest absolute Gasteiger partial charge is 0.330 e. The van der Waals surface area contributed by atoms with Gasteiger partial charge in [0.15, 0.2) is 0 Å². The van der Waals surface area contributed by atoms with Crippen LogP contribution in [0.4, 0.5) is 8.78 Å². The van der Waals surface area contributed by atoms with Crippen LogP contribution in [-0.4, -0.2) is 31.1 Å². The van der Waals surface area contributed by atoms with Gasteiger partial charge in [0.05, 0.1) is 0 Å². The van der Waals surface area contributed by atoms with Crippen molar-refractivity contribution in [3.8, 4) is 0 Å². The van der Waals surface area contributed by atoms with Crippen LogP contribution in [0.1, 0.15) is 18.9 Å². The highest BCUT2D eigenvalue weighted by Crippen LogP contribution is 2.28. The van der Waals surface area contributed by atoms with E-state index in [0.717, 1.165) is 32.1 Å². The third kappa shape index (κ3) is 4.27. The summed E-state index contributed by atoms with van der Waals surface area (Å²) in [6, 6.07) is 3.63. The Kier molecular flexibility index (Phi) is 6.11. The summed E-state index contributed by atoms with van der Waals surface area (Å²) in [7, 11) is 0. The van der Waals surface area contributed by atoms with Crippen LogP contribution >= 0.6 is 12.4 Å². The van der Waals surface area contributed by atoms with E-state index in [9.17, 15) is 8.78 Å². The Labute approximate surface area is 125 Å². The molecule has 1 atom stereocenters. The molecule has 2 N–H and O–H groups in total. The van der Waals surface area contributed by atoms with E-state index in [1.165, 1.54) is 12.1 Å². The fraction of sp³-hybridized carbons (Fsp3) is 0.467. The second-order valence-electron chi connectivity index (χ2n) is 5.57. The summed E-state index contributed by atoms with van der Waals surface area (Å²) in [4.78, 5) is 2.30. The second-order valence-corrected chi connectivity index (χ2v) is 5.57. The summed E-state index contributed by atoms with van der Waals surface area (Å²) in [6.45, 7) is 5.65. The molecule has 1 aliphatic rings. The zero-order valence-corrected chi connectivity index (χ0v) is 12.4. The highest BCUT2D eigenvalue weighted by atomic mass is 35.5. The zero-order chi connectivity index (χ0) is 13.9. The Balaban J connectivity index is 0.00000200. The number of benzene rings is 1. The average molecular weight is 303 g/mol. The maximum atomic E-state index is 13.4. The van der Waals surface area contributed by atoms with Crippen LogP contribution in [0.5, 0.6) is 0 Å². The molecule has 0 bridgehead atoms. The molecule has 1 unspecified atom stereocenters. The van der Waals surface area contributed by atoms with Gasteiger partial charge < -0.3 is 5.73 Å². The van der Waals surface area contributed by atoms with Crippen LogP contribution in [0.25, 0.3) is 6.08 Å². The van der Waals surface area contributed by atoms with Crippen molar-refractivity contribution in [1.82, 2.24) is 4.90 Å². The molecule has 112 valence electrons. The Morgan fingerprint density at radius 3 is 2.75 bits per heavy atom. The van der Waals surface area contributed by atoms with Crippen molar-refractivity contribution >= 4 is 18.5 Å². The fourth-order valence-corrected chi connectivity index (χ4v) is 2.41. The molecule has 1 aromatic rings. The molecule has 0 radical (unpaired) electrons. The lowest BCUT2D eigenvalue weighted by Gasteiger charge is -2.21. The molecule has 1 aromatic carbocycles. The van der Waals surface area contributed by atoms with Crippen molar-refractivity contribution in [2.24, 2.45) is 11.1 Å². The fourth-order valence-electron chi connectivity index (χ4n) is 2.41. The lowest BCUT2D eigenvalue weighted by Crippen LogP contribution is -2.31. The van der Waals surface area contributed by atoms with Gasteiger partial charge >= 0.3 is 0 Å². The third-order valence-electron chi connectivity index (χ3n) is 3.75. The summed E-state index contributed by atoms with van der Waals surface area (Å²) < 4.78 is 26.2. The van der Waals surface area contributed by atoms with Crippen molar-refractivity contribution in [2.75, 3.05) is 26.2 Å². The molecule has 0 spiro atoms. The van der Waals surface area contributed by atoms with Crippen LogP contribution in [0.2, 0.25) is 0 Å². The molecule has 0 saturated carbocycles. The van der Waals surface area contributed by atoms with Gasteiger partial charge in [0.2, 0.25) is 0 Å². The smallest absolute Gasteiger partial charge is 0.133 e. The summed E-state index contributed by atoms with van der Waals surface area (Å²) in [5.74, 6) is -1.07. The molecule has 1 saturated heterocycles. The van der Waals surface area contributed by atoms with Gasteiger partial charge in [-0.15, -0.1) is 12.4 Å². The summed E-state index contributed by atoms with van der Waals surface area (Å²) in [6.07, 6.45) is 4.72. The number of hydrogen-bond donors (Lipinski definition) is 1. The molecule has 0 aliphatic carbocycles.